The molecule has 1 N–H and O–H groups in total. The van der Waals surface area contributed by atoms with Crippen molar-refractivity contribution in [2.75, 3.05) is 32.7 Å². The van der Waals surface area contributed by atoms with Crippen molar-refractivity contribution in [3.8, 4) is 5.75 Å². The zero-order valence-corrected chi connectivity index (χ0v) is 19.2. The predicted octanol–water partition coefficient (Wildman–Crippen LogP) is 4.21. The molecule has 0 unspecified atom stereocenters. The Morgan fingerprint density at radius 1 is 1.12 bits per heavy atom. The average molecular weight is 512 g/mol. The molecule has 1 saturated heterocycles. The standard InChI is InChI=1S/C22H27ClF5N3O3/c23-17-1-2-18(34-22(26,27)28)16(12-17)14-30-7-9-31(10-8-30)20(33)13-29-19(32)11-15-3-5-21(24,25)6-4-15/h1-2,12,15H,3-11,13-14H2,(H,29,32). The van der Waals surface area contributed by atoms with Crippen LogP contribution in [0.4, 0.5) is 22.0 Å². The molecular formula is C22H27ClF5N3O3. The first-order valence-corrected chi connectivity index (χ1v) is 11.5. The second-order valence-corrected chi connectivity index (χ2v) is 9.17. The summed E-state index contributed by atoms with van der Waals surface area (Å²) >= 11 is 5.93. The Morgan fingerprint density at radius 2 is 1.76 bits per heavy atom. The van der Waals surface area contributed by atoms with Gasteiger partial charge >= 0.3 is 6.36 Å². The van der Waals surface area contributed by atoms with Crippen molar-refractivity contribution >= 4 is 23.4 Å². The highest BCUT2D eigenvalue weighted by atomic mass is 35.5. The lowest BCUT2D eigenvalue weighted by Gasteiger charge is -2.35. The van der Waals surface area contributed by atoms with Crippen LogP contribution in [0.1, 0.15) is 37.7 Å². The van der Waals surface area contributed by atoms with Gasteiger partial charge in [-0.15, -0.1) is 13.2 Å². The second-order valence-electron chi connectivity index (χ2n) is 8.74. The van der Waals surface area contributed by atoms with Crippen LogP contribution in [-0.4, -0.2) is 66.6 Å². The molecule has 1 saturated carbocycles. The molecular weight excluding hydrogens is 485 g/mol. The van der Waals surface area contributed by atoms with Crippen LogP contribution in [0, 0.1) is 5.92 Å². The van der Waals surface area contributed by atoms with E-state index in [2.05, 4.69) is 10.1 Å². The molecule has 0 radical (unpaired) electrons. The number of hydrogen-bond donors (Lipinski definition) is 1. The SMILES string of the molecule is O=C(CC1CCC(F)(F)CC1)NCC(=O)N1CCN(Cc2cc(Cl)ccc2OC(F)(F)F)CC1. The lowest BCUT2D eigenvalue weighted by molar-refractivity contribution is -0.275. The van der Waals surface area contributed by atoms with E-state index in [1.807, 2.05) is 4.90 Å². The van der Waals surface area contributed by atoms with Gasteiger partial charge in [0.05, 0.1) is 6.54 Å². The van der Waals surface area contributed by atoms with E-state index in [4.69, 9.17) is 11.6 Å². The van der Waals surface area contributed by atoms with Crippen molar-refractivity contribution in [3.63, 3.8) is 0 Å². The van der Waals surface area contributed by atoms with Crippen LogP contribution in [0.2, 0.25) is 5.02 Å². The van der Waals surface area contributed by atoms with Crippen LogP contribution in [0.5, 0.6) is 5.75 Å². The number of hydrogen-bond acceptors (Lipinski definition) is 4. The van der Waals surface area contributed by atoms with E-state index in [0.717, 1.165) is 0 Å². The van der Waals surface area contributed by atoms with E-state index in [9.17, 15) is 31.5 Å². The fourth-order valence-electron chi connectivity index (χ4n) is 4.22. The van der Waals surface area contributed by atoms with E-state index in [-0.39, 0.29) is 66.4 Å². The molecule has 2 amide bonds. The minimum atomic E-state index is -4.82. The fraction of sp³-hybridized carbons (Fsp3) is 0.636. The zero-order valence-electron chi connectivity index (χ0n) is 18.5. The van der Waals surface area contributed by atoms with Gasteiger partial charge in [0.25, 0.3) is 0 Å². The monoisotopic (exact) mass is 511 g/mol. The van der Waals surface area contributed by atoms with E-state index in [1.54, 1.807) is 4.90 Å². The summed E-state index contributed by atoms with van der Waals surface area (Å²) in [7, 11) is 0. The first-order valence-electron chi connectivity index (χ1n) is 11.1. The number of rotatable bonds is 7. The number of piperazine rings is 1. The summed E-state index contributed by atoms with van der Waals surface area (Å²) in [5, 5.41) is 2.85. The van der Waals surface area contributed by atoms with Gasteiger partial charge in [0, 0.05) is 62.6 Å². The van der Waals surface area contributed by atoms with Crippen LogP contribution in [-0.2, 0) is 16.1 Å². The molecule has 190 valence electrons. The maximum Gasteiger partial charge on any atom is 0.573 e. The van der Waals surface area contributed by atoms with Gasteiger partial charge in [0.1, 0.15) is 5.75 Å². The average Bonchev–Trinajstić information content (AvgIpc) is 2.75. The summed E-state index contributed by atoms with van der Waals surface area (Å²) in [5.41, 5.74) is 0.289. The van der Waals surface area contributed by atoms with Gasteiger partial charge in [0.2, 0.25) is 17.7 Å². The minimum Gasteiger partial charge on any atom is -0.405 e. The lowest BCUT2D eigenvalue weighted by atomic mass is 9.84. The maximum atomic E-state index is 13.2. The van der Waals surface area contributed by atoms with E-state index >= 15 is 0 Å². The molecule has 0 aromatic heterocycles. The number of carbonyl (C=O) groups is 2. The van der Waals surface area contributed by atoms with E-state index in [0.29, 0.717) is 39.0 Å². The molecule has 6 nitrogen and oxygen atoms in total. The summed E-state index contributed by atoms with van der Waals surface area (Å²) in [6.07, 6.45) is -4.54. The highest BCUT2D eigenvalue weighted by Gasteiger charge is 2.35. The fourth-order valence-corrected chi connectivity index (χ4v) is 4.41. The van der Waals surface area contributed by atoms with Crippen molar-refractivity contribution in [2.24, 2.45) is 5.92 Å². The Morgan fingerprint density at radius 3 is 2.38 bits per heavy atom. The Bertz CT molecular complexity index is 866. The molecule has 1 heterocycles. The minimum absolute atomic E-state index is 0.101. The predicted molar refractivity (Wildman–Crippen MR) is 115 cm³/mol. The smallest absolute Gasteiger partial charge is 0.405 e. The summed E-state index contributed by atoms with van der Waals surface area (Å²) < 4.78 is 68.5. The lowest BCUT2D eigenvalue weighted by Crippen LogP contribution is -2.51. The van der Waals surface area contributed by atoms with Crippen LogP contribution >= 0.6 is 11.6 Å². The molecule has 1 aromatic carbocycles. The number of nitrogens with one attached hydrogen (secondary N) is 1. The van der Waals surface area contributed by atoms with Crippen molar-refractivity contribution in [1.82, 2.24) is 15.1 Å². The molecule has 2 fully saturated rings. The van der Waals surface area contributed by atoms with Gasteiger partial charge < -0.3 is 15.0 Å². The Kier molecular flexibility index (Phi) is 8.62. The zero-order chi connectivity index (χ0) is 24.9. The van der Waals surface area contributed by atoms with Crippen LogP contribution < -0.4 is 10.1 Å². The van der Waals surface area contributed by atoms with Gasteiger partial charge in [-0.1, -0.05) is 11.6 Å². The topological polar surface area (TPSA) is 61.9 Å². The number of nitrogens with zero attached hydrogens (tertiary/aromatic N) is 2. The van der Waals surface area contributed by atoms with Gasteiger partial charge in [-0.2, -0.15) is 0 Å². The summed E-state index contributed by atoms with van der Waals surface area (Å²) in [6.45, 7) is 1.54. The maximum absolute atomic E-state index is 13.2. The van der Waals surface area contributed by atoms with Crippen molar-refractivity contribution < 1.29 is 36.3 Å². The van der Waals surface area contributed by atoms with E-state index < -0.39 is 12.3 Å². The summed E-state index contributed by atoms with van der Waals surface area (Å²) in [5.74, 6) is -3.67. The molecule has 12 heteroatoms. The number of ether oxygens (including phenoxy) is 1. The third kappa shape index (κ3) is 8.26. The summed E-state index contributed by atoms with van der Waals surface area (Å²) in [6, 6.07) is 3.91. The first-order chi connectivity index (χ1) is 15.9. The number of carbonyl (C=O) groups excluding carboxylic acids is 2. The molecule has 0 bridgehead atoms. The second kappa shape index (κ2) is 11.1. The largest absolute Gasteiger partial charge is 0.573 e. The molecule has 1 aromatic rings. The third-order valence-corrected chi connectivity index (χ3v) is 6.35. The normalized spacial score (nSPS) is 19.6. The quantitative estimate of drug-likeness (QED) is 0.557. The van der Waals surface area contributed by atoms with E-state index in [1.165, 1.54) is 18.2 Å². The van der Waals surface area contributed by atoms with Gasteiger partial charge in [-0.3, -0.25) is 14.5 Å². The van der Waals surface area contributed by atoms with Gasteiger partial charge in [0.15, 0.2) is 0 Å². The Labute approximate surface area is 199 Å². The molecule has 34 heavy (non-hydrogen) atoms. The van der Waals surface area contributed by atoms with Crippen LogP contribution in [0.3, 0.4) is 0 Å². The molecule has 1 aliphatic carbocycles. The van der Waals surface area contributed by atoms with Crippen molar-refractivity contribution in [3.05, 3.63) is 28.8 Å². The molecule has 3 rings (SSSR count). The number of benzene rings is 1. The number of halogens is 6. The first kappa shape index (κ1) is 26.5. The Balaban J connectivity index is 1.41. The molecule has 1 aliphatic heterocycles. The third-order valence-electron chi connectivity index (χ3n) is 6.11. The summed E-state index contributed by atoms with van der Waals surface area (Å²) in [4.78, 5) is 28.0. The number of alkyl halides is 5. The highest BCUT2D eigenvalue weighted by Crippen LogP contribution is 2.37. The highest BCUT2D eigenvalue weighted by molar-refractivity contribution is 6.30. The van der Waals surface area contributed by atoms with Gasteiger partial charge in [-0.25, -0.2) is 8.78 Å². The van der Waals surface area contributed by atoms with Gasteiger partial charge in [-0.05, 0) is 37.0 Å². The Hall–Kier alpha value is -2.14. The molecule has 0 atom stereocenters. The molecule has 2 aliphatic rings. The number of amides is 2. The molecule has 0 spiro atoms. The van der Waals surface area contributed by atoms with Crippen LogP contribution in [0.25, 0.3) is 0 Å². The van der Waals surface area contributed by atoms with Crippen molar-refractivity contribution in [1.29, 1.82) is 0 Å². The van der Waals surface area contributed by atoms with Crippen LogP contribution in [0.15, 0.2) is 18.2 Å². The van der Waals surface area contributed by atoms with Crippen molar-refractivity contribution in [2.45, 2.75) is 50.9 Å².